The van der Waals surface area contributed by atoms with E-state index >= 15 is 0 Å². The van der Waals surface area contributed by atoms with Crippen LogP contribution in [0.15, 0.2) is 16.9 Å². The molecule has 0 radical (unpaired) electrons. The molecule has 0 atom stereocenters. The zero-order chi connectivity index (χ0) is 24.0. The number of thiazole rings is 1. The van der Waals surface area contributed by atoms with Crippen LogP contribution in [-0.2, 0) is 25.6 Å². The molecule has 33 heavy (non-hydrogen) atoms. The molecule has 3 rings (SSSR count). The predicted molar refractivity (Wildman–Crippen MR) is 121 cm³/mol. The second-order valence-corrected chi connectivity index (χ2v) is 8.07. The first-order valence-electron chi connectivity index (χ1n) is 10.3. The number of esters is 1. The first kappa shape index (κ1) is 24.3. The third-order valence-electron chi connectivity index (χ3n) is 4.92. The van der Waals surface area contributed by atoms with E-state index in [2.05, 4.69) is 0 Å². The van der Waals surface area contributed by atoms with Gasteiger partial charge in [0.2, 0.25) is 11.7 Å². The fraction of sp³-hybridized carbons (Fsp3) is 0.409. The first-order chi connectivity index (χ1) is 15.9. The van der Waals surface area contributed by atoms with Crippen LogP contribution in [0.1, 0.15) is 12.5 Å². The predicted octanol–water partition coefficient (Wildman–Crippen LogP) is -0.336. The zero-order valence-electron chi connectivity index (χ0n) is 18.7. The lowest BCUT2D eigenvalue weighted by Crippen LogP contribution is -2.45. The van der Waals surface area contributed by atoms with Crippen molar-refractivity contribution in [2.45, 2.75) is 13.5 Å². The van der Waals surface area contributed by atoms with Gasteiger partial charge in [-0.15, -0.1) is 11.3 Å². The van der Waals surface area contributed by atoms with Crippen molar-refractivity contribution in [1.29, 1.82) is 0 Å². The molecular formula is C22H26N2O8S. The van der Waals surface area contributed by atoms with Gasteiger partial charge in [-0.2, -0.15) is 0 Å². The van der Waals surface area contributed by atoms with Gasteiger partial charge in [0, 0.05) is 13.1 Å². The Morgan fingerprint density at radius 1 is 1.18 bits per heavy atom. The highest BCUT2D eigenvalue weighted by Gasteiger charge is 2.19. The Morgan fingerprint density at radius 3 is 2.39 bits per heavy atom. The van der Waals surface area contributed by atoms with Gasteiger partial charge in [-0.25, -0.2) is 4.79 Å². The minimum absolute atomic E-state index is 0.159. The molecule has 2 aromatic rings. The molecule has 1 fully saturated rings. The highest BCUT2D eigenvalue weighted by atomic mass is 32.1. The number of nitrogens with zero attached hydrogens (tertiary/aromatic N) is 2. The van der Waals surface area contributed by atoms with E-state index in [9.17, 15) is 19.5 Å². The van der Waals surface area contributed by atoms with Crippen molar-refractivity contribution in [2.24, 2.45) is 0 Å². The Bertz CT molecular complexity index is 1170. The van der Waals surface area contributed by atoms with E-state index in [0.717, 1.165) is 11.3 Å². The Labute approximate surface area is 193 Å². The smallest absolute Gasteiger partial charge is 0.333 e. The number of aromatic nitrogens is 1. The van der Waals surface area contributed by atoms with Crippen molar-refractivity contribution in [1.82, 2.24) is 9.47 Å². The van der Waals surface area contributed by atoms with E-state index in [-0.39, 0.29) is 40.8 Å². The van der Waals surface area contributed by atoms with Crippen LogP contribution in [0.3, 0.4) is 0 Å². The van der Waals surface area contributed by atoms with Gasteiger partial charge in [-0.05, 0) is 30.7 Å². The number of rotatable bonds is 7. The molecule has 1 amide bonds. The van der Waals surface area contributed by atoms with Gasteiger partial charge in [0.25, 0.3) is 5.56 Å². The highest BCUT2D eigenvalue weighted by Crippen LogP contribution is 2.37. The summed E-state index contributed by atoms with van der Waals surface area (Å²) in [6, 6.07) is 3.10. The Hall–Kier alpha value is -3.31. The van der Waals surface area contributed by atoms with E-state index in [1.54, 1.807) is 30.0 Å². The number of aromatic hydroxyl groups is 1. The van der Waals surface area contributed by atoms with Crippen LogP contribution in [0.2, 0.25) is 0 Å². The maximum Gasteiger partial charge on any atom is 0.333 e. The summed E-state index contributed by atoms with van der Waals surface area (Å²) < 4.78 is 22.4. The second kappa shape index (κ2) is 11.0. The highest BCUT2D eigenvalue weighted by molar-refractivity contribution is 7.07. The number of benzene rings is 1. The molecule has 1 aromatic carbocycles. The minimum atomic E-state index is -0.606. The lowest BCUT2D eigenvalue weighted by atomic mass is 10.1. The molecule has 10 nitrogen and oxygen atoms in total. The van der Waals surface area contributed by atoms with Gasteiger partial charge >= 0.3 is 5.97 Å². The Morgan fingerprint density at radius 2 is 1.82 bits per heavy atom. The number of morpholine rings is 1. The van der Waals surface area contributed by atoms with Crippen LogP contribution >= 0.6 is 11.3 Å². The Kier molecular flexibility index (Phi) is 8.12. The standard InChI is InChI=1S/C22H26N2O8S/c1-4-32-20(26)12-19-24(13-18(25)23-5-7-31-8-6-23)22(28)17(33-19)11-14-9-15(29-2)21(27)16(10-14)30-3/h9-12,27H,4-8,13H2,1-3H3. The monoisotopic (exact) mass is 478 g/mol. The van der Waals surface area contributed by atoms with E-state index in [1.165, 1.54) is 24.9 Å². The summed E-state index contributed by atoms with van der Waals surface area (Å²) in [6.07, 6.45) is 2.78. The molecule has 1 aromatic heterocycles. The summed E-state index contributed by atoms with van der Waals surface area (Å²) >= 11 is 1.05. The largest absolute Gasteiger partial charge is 0.502 e. The van der Waals surface area contributed by atoms with Crippen molar-refractivity contribution in [3.63, 3.8) is 0 Å². The number of phenolic OH excluding ortho intramolecular Hbond substituents is 1. The molecule has 1 aliphatic rings. The fourth-order valence-corrected chi connectivity index (χ4v) is 4.30. The summed E-state index contributed by atoms with van der Waals surface area (Å²) in [4.78, 5) is 39.7. The van der Waals surface area contributed by atoms with E-state index in [0.29, 0.717) is 36.5 Å². The number of carbonyl (C=O) groups is 2. The average Bonchev–Trinajstić information content (AvgIpc) is 3.09. The number of amides is 1. The number of phenols is 1. The number of hydrogen-bond acceptors (Lipinski definition) is 9. The molecule has 0 spiro atoms. The lowest BCUT2D eigenvalue weighted by molar-refractivity contribution is -0.136. The molecule has 178 valence electrons. The molecule has 0 aliphatic carbocycles. The molecule has 0 unspecified atom stereocenters. The van der Waals surface area contributed by atoms with E-state index < -0.39 is 11.5 Å². The van der Waals surface area contributed by atoms with Crippen LogP contribution in [0.4, 0.5) is 0 Å². The van der Waals surface area contributed by atoms with Gasteiger partial charge < -0.3 is 29.0 Å². The summed E-state index contributed by atoms with van der Waals surface area (Å²) in [6.45, 7) is 3.42. The summed E-state index contributed by atoms with van der Waals surface area (Å²) in [5.41, 5.74) is 0.109. The average molecular weight is 479 g/mol. The summed E-state index contributed by atoms with van der Waals surface area (Å²) in [5.74, 6) is -0.646. The number of methoxy groups -OCH3 is 2. The number of ether oxygens (including phenoxy) is 4. The van der Waals surface area contributed by atoms with E-state index in [1.807, 2.05) is 0 Å². The van der Waals surface area contributed by atoms with Crippen molar-refractivity contribution in [3.05, 3.63) is 37.2 Å². The Balaban J connectivity index is 2.09. The van der Waals surface area contributed by atoms with Crippen molar-refractivity contribution in [3.8, 4) is 17.2 Å². The summed E-state index contributed by atoms with van der Waals surface area (Å²) in [7, 11) is 2.81. The molecule has 1 aliphatic heterocycles. The summed E-state index contributed by atoms with van der Waals surface area (Å²) in [5, 5.41) is 10.1. The normalized spacial score (nSPS) is 14.9. The molecule has 1 N–H and O–H groups in total. The van der Waals surface area contributed by atoms with Crippen molar-refractivity contribution < 1.29 is 33.6 Å². The third kappa shape index (κ3) is 5.74. The van der Waals surface area contributed by atoms with Crippen LogP contribution in [0, 0.1) is 0 Å². The van der Waals surface area contributed by atoms with Gasteiger partial charge in [-0.1, -0.05) is 0 Å². The maximum atomic E-state index is 13.2. The lowest BCUT2D eigenvalue weighted by Gasteiger charge is -2.26. The number of hydrogen-bond donors (Lipinski definition) is 1. The van der Waals surface area contributed by atoms with Crippen LogP contribution in [0.25, 0.3) is 12.2 Å². The van der Waals surface area contributed by atoms with Crippen LogP contribution < -0.4 is 24.2 Å². The van der Waals surface area contributed by atoms with E-state index in [4.69, 9.17) is 18.9 Å². The van der Waals surface area contributed by atoms with Crippen LogP contribution in [-0.4, -0.2) is 73.6 Å². The fourth-order valence-electron chi connectivity index (χ4n) is 3.27. The number of carbonyl (C=O) groups excluding carboxylic acids is 2. The molecule has 1 saturated heterocycles. The van der Waals surface area contributed by atoms with Gasteiger partial charge in [0.05, 0.1) is 44.6 Å². The topological polar surface area (TPSA) is 117 Å². The molecule has 0 saturated carbocycles. The van der Waals surface area contributed by atoms with Crippen molar-refractivity contribution >= 4 is 35.4 Å². The minimum Gasteiger partial charge on any atom is -0.502 e. The molecular weight excluding hydrogens is 452 g/mol. The maximum absolute atomic E-state index is 13.2. The van der Waals surface area contributed by atoms with Gasteiger partial charge in [0.15, 0.2) is 11.5 Å². The second-order valence-electron chi connectivity index (χ2n) is 7.00. The molecule has 0 bridgehead atoms. The van der Waals surface area contributed by atoms with Gasteiger partial charge in [0.1, 0.15) is 11.2 Å². The zero-order valence-corrected chi connectivity index (χ0v) is 19.5. The van der Waals surface area contributed by atoms with Crippen molar-refractivity contribution in [2.75, 3.05) is 47.1 Å². The first-order valence-corrected chi connectivity index (χ1v) is 11.1. The third-order valence-corrected chi connectivity index (χ3v) is 5.98. The molecule has 2 heterocycles. The molecule has 11 heteroatoms. The van der Waals surface area contributed by atoms with Crippen LogP contribution in [0.5, 0.6) is 17.2 Å². The van der Waals surface area contributed by atoms with Gasteiger partial charge in [-0.3, -0.25) is 14.2 Å². The quantitative estimate of drug-likeness (QED) is 0.538. The SMILES string of the molecule is CCOC(=O)C=c1sc(=Cc2cc(OC)c(O)c(OC)c2)c(=O)n1CC(=O)N1CCOCC1.